The molecule has 1 atom stereocenters. The number of aromatic nitrogens is 1. The van der Waals surface area contributed by atoms with Gasteiger partial charge in [0.25, 0.3) is 0 Å². The lowest BCUT2D eigenvalue weighted by molar-refractivity contribution is 0.385. The Balaban J connectivity index is 2.35. The molecule has 19 heavy (non-hydrogen) atoms. The predicted octanol–water partition coefficient (Wildman–Crippen LogP) is 3.38. The van der Waals surface area contributed by atoms with E-state index >= 15 is 0 Å². The fourth-order valence-electron chi connectivity index (χ4n) is 1.88. The van der Waals surface area contributed by atoms with Crippen molar-refractivity contribution >= 4 is 11.3 Å². The van der Waals surface area contributed by atoms with Gasteiger partial charge in [0.15, 0.2) is 11.6 Å². The maximum atomic E-state index is 13.8. The molecule has 1 aromatic carbocycles. The Bertz CT molecular complexity index is 528. The van der Waals surface area contributed by atoms with E-state index in [1.54, 1.807) is 23.6 Å². The number of hydrogen-bond donors (Lipinski definition) is 1. The van der Waals surface area contributed by atoms with Gasteiger partial charge in [0, 0.05) is 17.6 Å². The number of methoxy groups -OCH3 is 1. The standard InChI is InChI=1S/C14H17FN2OS/c1-9(2)17-13(14-16-6-7-19-14)10-4-5-12(18-3)11(15)8-10/h4-9,13,17H,1-3H3. The van der Waals surface area contributed by atoms with Crippen molar-refractivity contribution in [2.24, 2.45) is 0 Å². The molecule has 2 aromatic rings. The highest BCUT2D eigenvalue weighted by atomic mass is 32.1. The number of thiazole rings is 1. The van der Waals surface area contributed by atoms with Crippen molar-refractivity contribution in [3.05, 3.63) is 46.2 Å². The zero-order valence-electron chi connectivity index (χ0n) is 11.2. The Morgan fingerprint density at radius 1 is 1.37 bits per heavy atom. The van der Waals surface area contributed by atoms with Crippen molar-refractivity contribution < 1.29 is 9.13 Å². The van der Waals surface area contributed by atoms with Crippen LogP contribution in [-0.4, -0.2) is 18.1 Å². The highest BCUT2D eigenvalue weighted by Gasteiger charge is 2.19. The van der Waals surface area contributed by atoms with Crippen LogP contribution in [-0.2, 0) is 0 Å². The Hall–Kier alpha value is -1.46. The molecule has 0 saturated heterocycles. The summed E-state index contributed by atoms with van der Waals surface area (Å²) in [6.07, 6.45) is 1.76. The molecule has 5 heteroatoms. The van der Waals surface area contributed by atoms with Crippen molar-refractivity contribution in [2.75, 3.05) is 7.11 Å². The molecule has 0 aliphatic rings. The van der Waals surface area contributed by atoms with E-state index in [0.717, 1.165) is 10.6 Å². The van der Waals surface area contributed by atoms with E-state index in [1.165, 1.54) is 13.2 Å². The molecule has 1 N–H and O–H groups in total. The van der Waals surface area contributed by atoms with E-state index in [0.29, 0.717) is 0 Å². The van der Waals surface area contributed by atoms with Crippen LogP contribution in [0.4, 0.5) is 4.39 Å². The Morgan fingerprint density at radius 3 is 2.68 bits per heavy atom. The van der Waals surface area contributed by atoms with Crippen molar-refractivity contribution in [2.45, 2.75) is 25.9 Å². The van der Waals surface area contributed by atoms with E-state index in [9.17, 15) is 4.39 Å². The van der Waals surface area contributed by atoms with Crippen LogP contribution in [0.3, 0.4) is 0 Å². The minimum atomic E-state index is -0.355. The number of halogens is 1. The summed E-state index contributed by atoms with van der Waals surface area (Å²) in [6, 6.07) is 5.19. The van der Waals surface area contributed by atoms with E-state index < -0.39 is 0 Å². The van der Waals surface area contributed by atoms with E-state index in [4.69, 9.17) is 4.74 Å². The molecule has 0 radical (unpaired) electrons. The Morgan fingerprint density at radius 2 is 2.16 bits per heavy atom. The second-order valence-corrected chi connectivity index (χ2v) is 5.44. The van der Waals surface area contributed by atoms with Gasteiger partial charge in [-0.3, -0.25) is 0 Å². The lowest BCUT2D eigenvalue weighted by Crippen LogP contribution is -2.29. The number of benzene rings is 1. The zero-order chi connectivity index (χ0) is 13.8. The van der Waals surface area contributed by atoms with Crippen molar-refractivity contribution in [1.29, 1.82) is 0 Å². The SMILES string of the molecule is COc1ccc(C(NC(C)C)c2nccs2)cc1F. The first-order valence-electron chi connectivity index (χ1n) is 6.10. The third-order valence-corrected chi connectivity index (χ3v) is 3.55. The summed E-state index contributed by atoms with van der Waals surface area (Å²) in [6.45, 7) is 4.11. The second-order valence-electron chi connectivity index (χ2n) is 4.52. The normalized spacial score (nSPS) is 12.7. The third kappa shape index (κ3) is 3.30. The number of ether oxygens (including phenoxy) is 1. The highest BCUT2D eigenvalue weighted by Crippen LogP contribution is 2.27. The average Bonchev–Trinajstić information content (AvgIpc) is 2.89. The minimum Gasteiger partial charge on any atom is -0.494 e. The molecule has 0 amide bonds. The molecular weight excluding hydrogens is 263 g/mol. The number of hydrogen-bond acceptors (Lipinski definition) is 4. The van der Waals surface area contributed by atoms with Crippen LogP contribution in [0.2, 0.25) is 0 Å². The van der Waals surface area contributed by atoms with Gasteiger partial charge in [0.2, 0.25) is 0 Å². The molecular formula is C14H17FN2OS. The van der Waals surface area contributed by atoms with Crippen LogP contribution < -0.4 is 10.1 Å². The highest BCUT2D eigenvalue weighted by molar-refractivity contribution is 7.09. The van der Waals surface area contributed by atoms with Crippen LogP contribution in [0.5, 0.6) is 5.75 Å². The topological polar surface area (TPSA) is 34.1 Å². The molecule has 3 nitrogen and oxygen atoms in total. The number of rotatable bonds is 5. The van der Waals surface area contributed by atoms with E-state index in [-0.39, 0.29) is 23.7 Å². The monoisotopic (exact) mass is 280 g/mol. The van der Waals surface area contributed by atoms with E-state index in [2.05, 4.69) is 24.1 Å². The molecule has 0 aliphatic carbocycles. The van der Waals surface area contributed by atoms with Gasteiger partial charge in [0.1, 0.15) is 5.01 Å². The first kappa shape index (κ1) is 14.0. The lowest BCUT2D eigenvalue weighted by Gasteiger charge is -2.20. The van der Waals surface area contributed by atoms with Crippen LogP contribution in [0.1, 0.15) is 30.5 Å². The van der Waals surface area contributed by atoms with Gasteiger partial charge in [-0.25, -0.2) is 9.37 Å². The summed E-state index contributed by atoms with van der Waals surface area (Å²) >= 11 is 1.56. The average molecular weight is 280 g/mol. The summed E-state index contributed by atoms with van der Waals surface area (Å²) in [4.78, 5) is 4.32. The molecule has 1 unspecified atom stereocenters. The molecule has 0 bridgehead atoms. The van der Waals surface area contributed by atoms with Gasteiger partial charge in [-0.15, -0.1) is 11.3 Å². The van der Waals surface area contributed by atoms with Crippen LogP contribution >= 0.6 is 11.3 Å². The smallest absolute Gasteiger partial charge is 0.165 e. The third-order valence-electron chi connectivity index (χ3n) is 2.71. The summed E-state index contributed by atoms with van der Waals surface area (Å²) in [7, 11) is 1.46. The van der Waals surface area contributed by atoms with Crippen molar-refractivity contribution in [1.82, 2.24) is 10.3 Å². The number of nitrogens with zero attached hydrogens (tertiary/aromatic N) is 1. The molecule has 2 rings (SSSR count). The fraction of sp³-hybridized carbons (Fsp3) is 0.357. The zero-order valence-corrected chi connectivity index (χ0v) is 12.0. The van der Waals surface area contributed by atoms with Gasteiger partial charge >= 0.3 is 0 Å². The minimum absolute atomic E-state index is 0.0968. The van der Waals surface area contributed by atoms with Crippen LogP contribution in [0.15, 0.2) is 29.8 Å². The van der Waals surface area contributed by atoms with Crippen LogP contribution in [0.25, 0.3) is 0 Å². The summed E-state index contributed by atoms with van der Waals surface area (Å²) in [5.74, 6) is -0.0988. The molecule has 1 aromatic heterocycles. The fourth-order valence-corrected chi connectivity index (χ4v) is 2.61. The Labute approximate surface area is 116 Å². The summed E-state index contributed by atoms with van der Waals surface area (Å²) in [5.41, 5.74) is 0.849. The quantitative estimate of drug-likeness (QED) is 0.911. The van der Waals surface area contributed by atoms with Gasteiger partial charge in [0.05, 0.1) is 13.2 Å². The Kier molecular flexibility index (Phi) is 4.50. The number of nitrogens with one attached hydrogen (secondary N) is 1. The van der Waals surface area contributed by atoms with Gasteiger partial charge in [-0.1, -0.05) is 6.07 Å². The van der Waals surface area contributed by atoms with Crippen molar-refractivity contribution in [3.63, 3.8) is 0 Å². The summed E-state index contributed by atoms with van der Waals surface area (Å²) in [5, 5.41) is 6.25. The largest absolute Gasteiger partial charge is 0.494 e. The van der Waals surface area contributed by atoms with Crippen LogP contribution in [0, 0.1) is 5.82 Å². The lowest BCUT2D eigenvalue weighted by atomic mass is 10.1. The molecule has 1 heterocycles. The van der Waals surface area contributed by atoms with E-state index in [1.807, 2.05) is 11.4 Å². The summed E-state index contributed by atoms with van der Waals surface area (Å²) < 4.78 is 18.8. The molecule has 0 spiro atoms. The molecule has 102 valence electrons. The first-order valence-corrected chi connectivity index (χ1v) is 6.98. The first-order chi connectivity index (χ1) is 9.11. The second kappa shape index (κ2) is 6.12. The van der Waals surface area contributed by atoms with Crippen molar-refractivity contribution in [3.8, 4) is 5.75 Å². The maximum absolute atomic E-state index is 13.8. The maximum Gasteiger partial charge on any atom is 0.165 e. The van der Waals surface area contributed by atoms with Gasteiger partial charge in [-0.2, -0.15) is 0 Å². The van der Waals surface area contributed by atoms with Gasteiger partial charge < -0.3 is 10.1 Å². The molecule has 0 aliphatic heterocycles. The predicted molar refractivity (Wildman–Crippen MR) is 75.2 cm³/mol. The van der Waals surface area contributed by atoms with Gasteiger partial charge in [-0.05, 0) is 31.5 Å². The molecule has 0 fully saturated rings. The molecule has 0 saturated carbocycles.